The zero-order valence-electron chi connectivity index (χ0n) is 13.4. The predicted octanol–water partition coefficient (Wildman–Crippen LogP) is 4.16. The lowest BCUT2D eigenvalue weighted by molar-refractivity contribution is 0.397. The van der Waals surface area contributed by atoms with Gasteiger partial charge in [0, 0.05) is 19.1 Å². The van der Waals surface area contributed by atoms with Gasteiger partial charge in [-0.25, -0.2) is 0 Å². The maximum atomic E-state index is 5.64. The summed E-state index contributed by atoms with van der Waals surface area (Å²) in [6, 6.07) is 21.9. The number of rotatable bonds is 7. The Morgan fingerprint density at radius 1 is 0.957 bits per heavy atom. The molecular formula is C20H24N2S. The van der Waals surface area contributed by atoms with Gasteiger partial charge in [0.05, 0.1) is 0 Å². The minimum atomic E-state index is 0.606. The molecule has 0 unspecified atom stereocenters. The quantitative estimate of drug-likeness (QED) is 0.770. The van der Waals surface area contributed by atoms with Gasteiger partial charge in [-0.05, 0) is 49.0 Å². The zero-order valence-corrected chi connectivity index (χ0v) is 14.3. The summed E-state index contributed by atoms with van der Waals surface area (Å²) in [6.07, 6.45) is 4.72. The van der Waals surface area contributed by atoms with E-state index in [0.717, 1.165) is 31.0 Å². The van der Waals surface area contributed by atoms with Crippen LogP contribution in [0.25, 0.3) is 0 Å². The van der Waals surface area contributed by atoms with E-state index in [1.54, 1.807) is 0 Å². The van der Waals surface area contributed by atoms with Crippen LogP contribution in [0.1, 0.15) is 30.4 Å². The molecule has 1 saturated carbocycles. The molecule has 3 heteroatoms. The van der Waals surface area contributed by atoms with Crippen molar-refractivity contribution >= 4 is 17.3 Å². The van der Waals surface area contributed by atoms with E-state index in [1.165, 1.54) is 24.0 Å². The Morgan fingerprint density at radius 3 is 2.17 bits per heavy atom. The van der Waals surface area contributed by atoms with Crippen LogP contribution in [0.5, 0.6) is 0 Å². The minimum Gasteiger partial charge on any atom is -0.360 e. The van der Waals surface area contributed by atoms with E-state index in [4.69, 9.17) is 12.2 Å². The molecule has 1 aliphatic rings. The summed E-state index contributed by atoms with van der Waals surface area (Å²) >= 11 is 5.64. The van der Waals surface area contributed by atoms with Crippen molar-refractivity contribution in [1.29, 1.82) is 0 Å². The van der Waals surface area contributed by atoms with Crippen molar-refractivity contribution in [3.8, 4) is 0 Å². The van der Waals surface area contributed by atoms with E-state index in [-0.39, 0.29) is 0 Å². The minimum absolute atomic E-state index is 0.606. The molecule has 0 aliphatic heterocycles. The molecule has 0 amide bonds. The fourth-order valence-corrected chi connectivity index (χ4v) is 2.99. The number of hydrogen-bond acceptors (Lipinski definition) is 1. The molecule has 1 N–H and O–H groups in total. The summed E-state index contributed by atoms with van der Waals surface area (Å²) in [5.74, 6) is 0. The van der Waals surface area contributed by atoms with Crippen molar-refractivity contribution in [1.82, 2.24) is 10.2 Å². The van der Waals surface area contributed by atoms with Crippen molar-refractivity contribution in [2.45, 2.75) is 38.3 Å². The number of hydrogen-bond donors (Lipinski definition) is 1. The molecule has 2 nitrogen and oxygen atoms in total. The molecule has 120 valence electrons. The number of nitrogens with zero attached hydrogens (tertiary/aromatic N) is 1. The number of thiocarbonyl (C=S) groups is 1. The highest BCUT2D eigenvalue weighted by molar-refractivity contribution is 7.80. The van der Waals surface area contributed by atoms with Gasteiger partial charge in [0.25, 0.3) is 0 Å². The largest absolute Gasteiger partial charge is 0.360 e. The first-order valence-electron chi connectivity index (χ1n) is 8.44. The number of benzene rings is 2. The Hall–Kier alpha value is -1.87. The third-order valence-electron chi connectivity index (χ3n) is 4.14. The van der Waals surface area contributed by atoms with Gasteiger partial charge in [-0.3, -0.25) is 0 Å². The molecule has 1 aliphatic carbocycles. The van der Waals surface area contributed by atoms with Gasteiger partial charge < -0.3 is 10.2 Å². The summed E-state index contributed by atoms with van der Waals surface area (Å²) < 4.78 is 0. The Bertz CT molecular complexity index is 608. The fraction of sp³-hybridized carbons (Fsp3) is 0.350. The third-order valence-corrected chi connectivity index (χ3v) is 4.52. The van der Waals surface area contributed by atoms with Crippen LogP contribution >= 0.6 is 12.2 Å². The molecule has 0 atom stereocenters. The van der Waals surface area contributed by atoms with Crippen molar-refractivity contribution in [3.05, 3.63) is 71.8 Å². The normalized spacial score (nSPS) is 13.6. The van der Waals surface area contributed by atoms with Crippen LogP contribution in [0.15, 0.2) is 60.7 Å². The van der Waals surface area contributed by atoms with Crippen LogP contribution < -0.4 is 5.32 Å². The second kappa shape index (κ2) is 8.11. The molecule has 3 rings (SSSR count). The summed E-state index contributed by atoms with van der Waals surface area (Å²) in [5, 5.41) is 4.39. The summed E-state index contributed by atoms with van der Waals surface area (Å²) in [5.41, 5.74) is 2.71. The topological polar surface area (TPSA) is 15.3 Å². The molecule has 0 saturated heterocycles. The SMILES string of the molecule is S=C(NC1CC1)N(CCCc1ccccc1)Cc1ccccc1. The van der Waals surface area contributed by atoms with E-state index in [0.29, 0.717) is 6.04 Å². The van der Waals surface area contributed by atoms with Crippen LogP contribution in [0, 0.1) is 0 Å². The molecule has 2 aromatic carbocycles. The third kappa shape index (κ3) is 5.36. The van der Waals surface area contributed by atoms with Crippen LogP contribution in [-0.2, 0) is 13.0 Å². The van der Waals surface area contributed by atoms with Crippen LogP contribution in [0.2, 0.25) is 0 Å². The maximum Gasteiger partial charge on any atom is 0.169 e. The predicted molar refractivity (Wildman–Crippen MR) is 100 cm³/mol. The van der Waals surface area contributed by atoms with Crippen molar-refractivity contribution in [2.24, 2.45) is 0 Å². The lowest BCUT2D eigenvalue weighted by Crippen LogP contribution is -2.41. The summed E-state index contributed by atoms with van der Waals surface area (Å²) in [7, 11) is 0. The molecule has 0 bridgehead atoms. The van der Waals surface area contributed by atoms with Gasteiger partial charge in [-0.15, -0.1) is 0 Å². The summed E-state index contributed by atoms with van der Waals surface area (Å²) in [4.78, 5) is 2.31. The average Bonchev–Trinajstić information content (AvgIpc) is 3.40. The first-order chi connectivity index (χ1) is 11.3. The number of nitrogens with one attached hydrogen (secondary N) is 1. The summed E-state index contributed by atoms with van der Waals surface area (Å²) in [6.45, 7) is 1.87. The van der Waals surface area contributed by atoms with Crippen LogP contribution in [0.4, 0.5) is 0 Å². The molecule has 2 aromatic rings. The van der Waals surface area contributed by atoms with Gasteiger partial charge in [0.15, 0.2) is 5.11 Å². The highest BCUT2D eigenvalue weighted by atomic mass is 32.1. The highest BCUT2D eigenvalue weighted by Gasteiger charge is 2.23. The molecule has 0 spiro atoms. The second-order valence-electron chi connectivity index (χ2n) is 6.22. The van der Waals surface area contributed by atoms with Gasteiger partial charge in [-0.2, -0.15) is 0 Å². The fourth-order valence-electron chi connectivity index (χ4n) is 2.67. The smallest absolute Gasteiger partial charge is 0.169 e. The van der Waals surface area contributed by atoms with Crippen LogP contribution in [-0.4, -0.2) is 22.6 Å². The molecule has 0 aromatic heterocycles. The van der Waals surface area contributed by atoms with E-state index >= 15 is 0 Å². The molecule has 0 heterocycles. The zero-order chi connectivity index (χ0) is 15.9. The van der Waals surface area contributed by atoms with E-state index in [9.17, 15) is 0 Å². The second-order valence-corrected chi connectivity index (χ2v) is 6.61. The standard InChI is InChI=1S/C20H24N2S/c23-20(21-19-13-14-19)22(16-18-10-5-2-6-11-18)15-7-12-17-8-3-1-4-9-17/h1-6,8-11,19H,7,12-16H2,(H,21,23). The Kier molecular flexibility index (Phi) is 5.65. The lowest BCUT2D eigenvalue weighted by atomic mass is 10.1. The Morgan fingerprint density at radius 2 is 1.57 bits per heavy atom. The Balaban J connectivity index is 1.56. The monoisotopic (exact) mass is 324 g/mol. The first kappa shape index (κ1) is 16.0. The van der Waals surface area contributed by atoms with E-state index < -0.39 is 0 Å². The van der Waals surface area contributed by atoms with E-state index in [2.05, 4.69) is 70.9 Å². The highest BCUT2D eigenvalue weighted by Crippen LogP contribution is 2.19. The molecule has 23 heavy (non-hydrogen) atoms. The van der Waals surface area contributed by atoms with Gasteiger partial charge in [-0.1, -0.05) is 60.7 Å². The lowest BCUT2D eigenvalue weighted by Gasteiger charge is -2.26. The first-order valence-corrected chi connectivity index (χ1v) is 8.85. The number of aryl methyl sites for hydroxylation is 1. The van der Waals surface area contributed by atoms with Gasteiger partial charge in [0.2, 0.25) is 0 Å². The molecule has 0 radical (unpaired) electrons. The van der Waals surface area contributed by atoms with Crippen molar-refractivity contribution in [3.63, 3.8) is 0 Å². The Labute approximate surface area is 144 Å². The van der Waals surface area contributed by atoms with Crippen LogP contribution in [0.3, 0.4) is 0 Å². The van der Waals surface area contributed by atoms with Gasteiger partial charge >= 0.3 is 0 Å². The van der Waals surface area contributed by atoms with Crippen molar-refractivity contribution < 1.29 is 0 Å². The van der Waals surface area contributed by atoms with E-state index in [1.807, 2.05) is 0 Å². The van der Waals surface area contributed by atoms with Crippen molar-refractivity contribution in [2.75, 3.05) is 6.54 Å². The average molecular weight is 324 g/mol. The molecular weight excluding hydrogens is 300 g/mol. The molecule has 1 fully saturated rings. The maximum absolute atomic E-state index is 5.64. The van der Waals surface area contributed by atoms with Gasteiger partial charge in [0.1, 0.15) is 0 Å².